The summed E-state index contributed by atoms with van der Waals surface area (Å²) in [5.74, 6) is 3.13. The molecule has 0 spiro atoms. The third-order valence-corrected chi connectivity index (χ3v) is 6.99. The van der Waals surface area contributed by atoms with Crippen molar-refractivity contribution in [3.05, 3.63) is 47.5 Å². The van der Waals surface area contributed by atoms with Gasteiger partial charge < -0.3 is 33.2 Å². The standard InChI is InChI=1S/C29H40O7/c1-5-7-13-32-17-22-23(18-33-14-8-6-2)29(21-10-12-25-27(16-21)35-19-34-25)36-28(22)20-9-11-24(30-3)26(15-20)31-4/h9-12,15-16,22-23,28-29H,5-8,13-14,17-19H2,1-4H3/t22-,23-,28+,29-/m1/s1. The second-order valence-electron chi connectivity index (χ2n) is 9.39. The first kappa shape index (κ1) is 26.6. The average Bonchev–Trinajstić information content (AvgIpc) is 3.53. The second kappa shape index (κ2) is 13.2. The van der Waals surface area contributed by atoms with Crippen LogP contribution in [0.3, 0.4) is 0 Å². The summed E-state index contributed by atoms with van der Waals surface area (Å²) in [7, 11) is 3.30. The van der Waals surface area contributed by atoms with Gasteiger partial charge in [-0.25, -0.2) is 0 Å². The Balaban J connectivity index is 1.66. The number of rotatable bonds is 14. The first-order valence-electron chi connectivity index (χ1n) is 13.1. The van der Waals surface area contributed by atoms with Crippen LogP contribution < -0.4 is 18.9 Å². The highest BCUT2D eigenvalue weighted by Crippen LogP contribution is 2.51. The summed E-state index contributed by atoms with van der Waals surface area (Å²) in [6.07, 6.45) is 3.94. The lowest BCUT2D eigenvalue weighted by molar-refractivity contribution is 0.00926. The number of fused-ring (bicyclic) bond motifs is 1. The van der Waals surface area contributed by atoms with Gasteiger partial charge in [0.2, 0.25) is 6.79 Å². The van der Waals surface area contributed by atoms with Crippen molar-refractivity contribution >= 4 is 0 Å². The summed E-state index contributed by atoms with van der Waals surface area (Å²) in [4.78, 5) is 0. The van der Waals surface area contributed by atoms with Crippen LogP contribution in [0.15, 0.2) is 36.4 Å². The smallest absolute Gasteiger partial charge is 0.231 e. The van der Waals surface area contributed by atoms with Gasteiger partial charge in [-0.3, -0.25) is 0 Å². The van der Waals surface area contributed by atoms with Crippen molar-refractivity contribution in [2.75, 3.05) is 47.4 Å². The quantitative estimate of drug-likeness (QED) is 0.290. The number of benzene rings is 2. The van der Waals surface area contributed by atoms with Crippen LogP contribution >= 0.6 is 0 Å². The maximum absolute atomic E-state index is 6.85. The summed E-state index contributed by atoms with van der Waals surface area (Å²) in [5.41, 5.74) is 2.10. The van der Waals surface area contributed by atoms with Crippen molar-refractivity contribution in [1.82, 2.24) is 0 Å². The van der Waals surface area contributed by atoms with E-state index in [2.05, 4.69) is 26.0 Å². The van der Waals surface area contributed by atoms with E-state index in [4.69, 9.17) is 33.2 Å². The highest BCUT2D eigenvalue weighted by atomic mass is 16.7. The molecule has 4 rings (SSSR count). The van der Waals surface area contributed by atoms with E-state index in [1.165, 1.54) is 0 Å². The first-order chi connectivity index (χ1) is 17.7. The molecule has 0 bridgehead atoms. The molecule has 4 atom stereocenters. The van der Waals surface area contributed by atoms with Gasteiger partial charge in [0.25, 0.3) is 0 Å². The monoisotopic (exact) mass is 500 g/mol. The maximum atomic E-state index is 6.85. The molecule has 0 radical (unpaired) electrons. The number of unbranched alkanes of at least 4 members (excludes halogenated alkanes) is 2. The van der Waals surface area contributed by atoms with Crippen LogP contribution in [-0.2, 0) is 14.2 Å². The molecule has 1 fully saturated rings. The summed E-state index contributed by atoms with van der Waals surface area (Å²) in [5, 5.41) is 0. The molecule has 0 N–H and O–H groups in total. The van der Waals surface area contributed by atoms with E-state index in [9.17, 15) is 0 Å². The lowest BCUT2D eigenvalue weighted by Gasteiger charge is -2.25. The molecule has 2 heterocycles. The molecular weight excluding hydrogens is 460 g/mol. The van der Waals surface area contributed by atoms with Crippen molar-refractivity contribution in [3.63, 3.8) is 0 Å². The largest absolute Gasteiger partial charge is 0.493 e. The molecule has 2 aliphatic heterocycles. The second-order valence-corrected chi connectivity index (χ2v) is 9.39. The molecule has 7 heteroatoms. The van der Waals surface area contributed by atoms with Gasteiger partial charge in [0.05, 0.1) is 39.6 Å². The van der Waals surface area contributed by atoms with E-state index in [1.807, 2.05) is 24.3 Å². The summed E-state index contributed by atoms with van der Waals surface area (Å²) < 4.78 is 41.5. The highest BCUT2D eigenvalue weighted by Gasteiger charge is 2.46. The zero-order chi connectivity index (χ0) is 25.3. The van der Waals surface area contributed by atoms with Crippen LogP contribution in [0.25, 0.3) is 0 Å². The van der Waals surface area contributed by atoms with Gasteiger partial charge in [-0.1, -0.05) is 38.8 Å². The third-order valence-electron chi connectivity index (χ3n) is 6.99. The molecule has 0 unspecified atom stereocenters. The minimum atomic E-state index is -0.179. The molecule has 0 aromatic heterocycles. The fraction of sp³-hybridized carbons (Fsp3) is 0.586. The Morgan fingerprint density at radius 2 is 1.31 bits per heavy atom. The molecule has 198 valence electrons. The predicted octanol–water partition coefficient (Wildman–Crippen LogP) is 6.11. The van der Waals surface area contributed by atoms with Crippen LogP contribution in [0.1, 0.15) is 62.9 Å². The molecule has 7 nitrogen and oxygen atoms in total. The average molecular weight is 501 g/mol. The number of hydrogen-bond donors (Lipinski definition) is 0. The minimum Gasteiger partial charge on any atom is -0.493 e. The molecule has 0 saturated carbocycles. The van der Waals surface area contributed by atoms with E-state index in [0.717, 1.165) is 61.5 Å². The fourth-order valence-electron chi connectivity index (χ4n) is 4.93. The first-order valence-corrected chi connectivity index (χ1v) is 13.1. The van der Waals surface area contributed by atoms with Crippen LogP contribution in [0.5, 0.6) is 23.0 Å². The molecule has 2 aliphatic rings. The minimum absolute atomic E-state index is 0.108. The van der Waals surface area contributed by atoms with Gasteiger partial charge in [0.1, 0.15) is 0 Å². The topological polar surface area (TPSA) is 64.6 Å². The maximum Gasteiger partial charge on any atom is 0.231 e. The number of hydrogen-bond acceptors (Lipinski definition) is 7. The Hall–Kier alpha value is -2.48. The van der Waals surface area contributed by atoms with Gasteiger partial charge in [-0.15, -0.1) is 0 Å². The van der Waals surface area contributed by atoms with E-state index in [0.29, 0.717) is 24.7 Å². The Labute approximate surface area is 214 Å². The van der Waals surface area contributed by atoms with Gasteiger partial charge in [0.15, 0.2) is 23.0 Å². The van der Waals surface area contributed by atoms with Crippen molar-refractivity contribution in [2.45, 2.75) is 51.7 Å². The van der Waals surface area contributed by atoms with Crippen molar-refractivity contribution in [2.24, 2.45) is 11.8 Å². The highest BCUT2D eigenvalue weighted by molar-refractivity contribution is 5.46. The Bertz CT molecular complexity index is 963. The van der Waals surface area contributed by atoms with Crippen LogP contribution in [0.4, 0.5) is 0 Å². The molecule has 0 amide bonds. The number of methoxy groups -OCH3 is 2. The van der Waals surface area contributed by atoms with Crippen molar-refractivity contribution < 1.29 is 33.2 Å². The van der Waals surface area contributed by atoms with Crippen molar-refractivity contribution in [3.8, 4) is 23.0 Å². The van der Waals surface area contributed by atoms with E-state index >= 15 is 0 Å². The zero-order valence-electron chi connectivity index (χ0n) is 22.0. The summed E-state index contributed by atoms with van der Waals surface area (Å²) >= 11 is 0. The van der Waals surface area contributed by atoms with E-state index in [-0.39, 0.29) is 30.8 Å². The van der Waals surface area contributed by atoms with Gasteiger partial charge >= 0.3 is 0 Å². The molecule has 36 heavy (non-hydrogen) atoms. The van der Waals surface area contributed by atoms with E-state index in [1.54, 1.807) is 14.2 Å². The number of ether oxygens (including phenoxy) is 7. The Morgan fingerprint density at radius 1 is 0.722 bits per heavy atom. The molecular formula is C29H40O7. The fourth-order valence-corrected chi connectivity index (χ4v) is 4.93. The van der Waals surface area contributed by atoms with Crippen molar-refractivity contribution in [1.29, 1.82) is 0 Å². The summed E-state index contributed by atoms with van der Waals surface area (Å²) in [6, 6.07) is 12.1. The lowest BCUT2D eigenvalue weighted by Crippen LogP contribution is -2.26. The third kappa shape index (κ3) is 6.07. The molecule has 2 aromatic carbocycles. The van der Waals surface area contributed by atoms with E-state index < -0.39 is 0 Å². The van der Waals surface area contributed by atoms with Gasteiger partial charge in [0, 0.05) is 25.0 Å². The Morgan fingerprint density at radius 3 is 1.92 bits per heavy atom. The molecule has 0 aliphatic carbocycles. The van der Waals surface area contributed by atoms with Crippen LogP contribution in [0.2, 0.25) is 0 Å². The molecule has 2 aromatic rings. The lowest BCUT2D eigenvalue weighted by atomic mass is 9.83. The van der Waals surface area contributed by atoms with Gasteiger partial charge in [-0.05, 0) is 48.2 Å². The molecule has 1 saturated heterocycles. The normalized spacial score (nSPS) is 22.7. The summed E-state index contributed by atoms with van der Waals surface area (Å²) in [6.45, 7) is 7.28. The predicted molar refractivity (Wildman–Crippen MR) is 137 cm³/mol. The zero-order valence-corrected chi connectivity index (χ0v) is 22.0. The van der Waals surface area contributed by atoms with Crippen LogP contribution in [-0.4, -0.2) is 47.4 Å². The van der Waals surface area contributed by atoms with Gasteiger partial charge in [-0.2, -0.15) is 0 Å². The SMILES string of the molecule is CCCCOC[C@@H]1[C@@H](COCCCC)[C@H](c2ccc(OC)c(OC)c2)O[C@@H]1c1ccc2c(c1)OCO2. The Kier molecular flexibility index (Phi) is 9.73. The van der Waals surface area contributed by atoms with Crippen LogP contribution in [0, 0.1) is 11.8 Å².